The molecule has 0 aromatic carbocycles. The highest BCUT2D eigenvalue weighted by atomic mass is 16.5. The van der Waals surface area contributed by atoms with Gasteiger partial charge in [-0.3, -0.25) is 9.78 Å². The average Bonchev–Trinajstić information content (AvgIpc) is 2.55. The Kier molecular flexibility index (Phi) is 3.70. The van der Waals surface area contributed by atoms with Crippen molar-refractivity contribution in [2.24, 2.45) is 0 Å². The van der Waals surface area contributed by atoms with Gasteiger partial charge in [-0.25, -0.2) is 9.97 Å². The molecule has 0 aliphatic rings. The molecule has 0 spiro atoms. The van der Waals surface area contributed by atoms with Crippen LogP contribution >= 0.6 is 0 Å². The van der Waals surface area contributed by atoms with Crippen LogP contribution in [0.15, 0.2) is 47.8 Å². The second-order valence-electron chi connectivity index (χ2n) is 4.53. The van der Waals surface area contributed by atoms with Crippen molar-refractivity contribution in [1.29, 1.82) is 0 Å². The maximum absolute atomic E-state index is 11.9. The number of rotatable bonds is 4. The molecule has 3 heterocycles. The van der Waals surface area contributed by atoms with Crippen LogP contribution in [0.3, 0.4) is 0 Å². The number of ether oxygens (including phenoxy) is 1. The third-order valence-electron chi connectivity index (χ3n) is 3.19. The molecule has 0 unspecified atom stereocenters. The van der Waals surface area contributed by atoms with E-state index in [9.17, 15) is 4.79 Å². The van der Waals surface area contributed by atoms with Gasteiger partial charge in [0.05, 0.1) is 12.0 Å². The average molecular weight is 282 g/mol. The van der Waals surface area contributed by atoms with E-state index in [1.54, 1.807) is 31.9 Å². The quantitative estimate of drug-likeness (QED) is 0.725. The van der Waals surface area contributed by atoms with Gasteiger partial charge < -0.3 is 9.30 Å². The number of methoxy groups -OCH3 is 1. The predicted octanol–water partition coefficient (Wildman–Crippen LogP) is 1.50. The lowest BCUT2D eigenvalue weighted by Crippen LogP contribution is -2.13. The number of aromatic nitrogens is 4. The lowest BCUT2D eigenvalue weighted by Gasteiger charge is -2.10. The Labute approximate surface area is 121 Å². The Bertz CT molecular complexity index is 815. The molecule has 6 heteroatoms. The molecule has 0 saturated carbocycles. The number of hydrogen-bond acceptors (Lipinski definition) is 5. The highest BCUT2D eigenvalue weighted by Gasteiger charge is 2.08. The first-order chi connectivity index (χ1) is 10.3. The molecule has 0 fully saturated rings. The molecule has 3 aromatic rings. The normalized spacial score (nSPS) is 10.9. The van der Waals surface area contributed by atoms with Gasteiger partial charge in [0.2, 0.25) is 0 Å². The molecular formula is C15H14N4O2. The summed E-state index contributed by atoms with van der Waals surface area (Å²) in [5, 5.41) is 0.506. The second-order valence-corrected chi connectivity index (χ2v) is 4.53. The monoisotopic (exact) mass is 282 g/mol. The fourth-order valence-electron chi connectivity index (χ4n) is 2.09. The van der Waals surface area contributed by atoms with Crippen molar-refractivity contribution in [3.8, 4) is 11.4 Å². The van der Waals surface area contributed by atoms with Gasteiger partial charge in [0.15, 0.2) is 11.3 Å². The summed E-state index contributed by atoms with van der Waals surface area (Å²) in [5.74, 6) is 0.571. The zero-order valence-corrected chi connectivity index (χ0v) is 11.6. The van der Waals surface area contributed by atoms with E-state index >= 15 is 0 Å². The van der Waals surface area contributed by atoms with Gasteiger partial charge >= 0.3 is 0 Å². The minimum absolute atomic E-state index is 0.0834. The third-order valence-corrected chi connectivity index (χ3v) is 3.19. The Morgan fingerprint density at radius 1 is 1.24 bits per heavy atom. The first-order valence-corrected chi connectivity index (χ1v) is 6.55. The molecular weight excluding hydrogens is 268 g/mol. The van der Waals surface area contributed by atoms with Crippen molar-refractivity contribution in [3.63, 3.8) is 0 Å². The van der Waals surface area contributed by atoms with Crippen molar-refractivity contribution < 1.29 is 4.74 Å². The summed E-state index contributed by atoms with van der Waals surface area (Å²) in [4.78, 5) is 24.7. The van der Waals surface area contributed by atoms with E-state index in [1.165, 1.54) is 6.07 Å². The van der Waals surface area contributed by atoms with Crippen LogP contribution in [0, 0.1) is 0 Å². The standard InChI is InChI=1S/C15H14N4O2/c1-21-9-8-19-7-4-13(20)12-10-17-14(18-15(12)19)11-2-5-16-6-3-11/h2-7,10H,8-9H2,1H3. The number of fused-ring (bicyclic) bond motifs is 1. The SMILES string of the molecule is COCCn1ccc(=O)c2cnc(-c3ccncc3)nc21. The third kappa shape index (κ3) is 2.66. The summed E-state index contributed by atoms with van der Waals surface area (Å²) in [6.07, 6.45) is 6.68. The van der Waals surface area contributed by atoms with Crippen molar-refractivity contribution in [1.82, 2.24) is 19.5 Å². The zero-order chi connectivity index (χ0) is 14.7. The molecule has 0 N–H and O–H groups in total. The van der Waals surface area contributed by atoms with Gasteiger partial charge in [0.1, 0.15) is 5.65 Å². The van der Waals surface area contributed by atoms with Crippen LogP contribution in [0.1, 0.15) is 0 Å². The summed E-state index contributed by atoms with van der Waals surface area (Å²) in [6, 6.07) is 5.19. The summed E-state index contributed by atoms with van der Waals surface area (Å²) in [5.41, 5.74) is 1.39. The second kappa shape index (κ2) is 5.80. The van der Waals surface area contributed by atoms with E-state index in [1.807, 2.05) is 16.7 Å². The van der Waals surface area contributed by atoms with Gasteiger partial charge in [-0.05, 0) is 12.1 Å². The molecule has 3 rings (SSSR count). The smallest absolute Gasteiger partial charge is 0.192 e. The maximum atomic E-state index is 11.9. The Balaban J connectivity index is 2.17. The lowest BCUT2D eigenvalue weighted by atomic mass is 10.2. The molecule has 0 amide bonds. The van der Waals surface area contributed by atoms with Gasteiger partial charge in [0, 0.05) is 50.1 Å². The van der Waals surface area contributed by atoms with E-state index in [0.717, 1.165) is 5.56 Å². The topological polar surface area (TPSA) is 69.9 Å². The summed E-state index contributed by atoms with van der Waals surface area (Å²) < 4.78 is 6.98. The Hall–Kier alpha value is -2.60. The largest absolute Gasteiger partial charge is 0.383 e. The Morgan fingerprint density at radius 2 is 2.05 bits per heavy atom. The van der Waals surface area contributed by atoms with Crippen LogP contribution in [0.5, 0.6) is 0 Å². The number of pyridine rings is 2. The van der Waals surface area contributed by atoms with E-state index in [-0.39, 0.29) is 5.43 Å². The van der Waals surface area contributed by atoms with Crippen LogP contribution in [0.2, 0.25) is 0 Å². The molecule has 0 atom stereocenters. The number of hydrogen-bond donors (Lipinski definition) is 0. The van der Waals surface area contributed by atoms with Gasteiger partial charge in [-0.15, -0.1) is 0 Å². The van der Waals surface area contributed by atoms with Crippen LogP contribution in [0.25, 0.3) is 22.4 Å². The van der Waals surface area contributed by atoms with Crippen molar-refractivity contribution in [2.45, 2.75) is 6.54 Å². The Morgan fingerprint density at radius 3 is 2.81 bits per heavy atom. The minimum atomic E-state index is -0.0834. The van der Waals surface area contributed by atoms with Gasteiger partial charge in [-0.2, -0.15) is 0 Å². The highest BCUT2D eigenvalue weighted by molar-refractivity contribution is 5.76. The number of nitrogens with zero attached hydrogens (tertiary/aromatic N) is 4. The molecule has 0 radical (unpaired) electrons. The lowest BCUT2D eigenvalue weighted by molar-refractivity contribution is 0.188. The molecule has 0 aliphatic carbocycles. The van der Waals surface area contributed by atoms with Crippen molar-refractivity contribution in [2.75, 3.05) is 13.7 Å². The first kappa shape index (κ1) is 13.4. The van der Waals surface area contributed by atoms with E-state index in [2.05, 4.69) is 15.0 Å². The van der Waals surface area contributed by atoms with Crippen molar-refractivity contribution >= 4 is 11.0 Å². The fourth-order valence-corrected chi connectivity index (χ4v) is 2.09. The minimum Gasteiger partial charge on any atom is -0.383 e. The molecule has 21 heavy (non-hydrogen) atoms. The van der Waals surface area contributed by atoms with E-state index in [4.69, 9.17) is 4.74 Å². The molecule has 6 nitrogen and oxygen atoms in total. The van der Waals surface area contributed by atoms with Gasteiger partial charge in [-0.1, -0.05) is 0 Å². The molecule has 0 bridgehead atoms. The molecule has 3 aromatic heterocycles. The fraction of sp³-hybridized carbons (Fsp3) is 0.200. The zero-order valence-electron chi connectivity index (χ0n) is 11.6. The highest BCUT2D eigenvalue weighted by Crippen LogP contribution is 2.15. The molecule has 0 saturated heterocycles. The van der Waals surface area contributed by atoms with Crippen LogP contribution in [-0.2, 0) is 11.3 Å². The molecule has 106 valence electrons. The van der Waals surface area contributed by atoms with Crippen LogP contribution in [0.4, 0.5) is 0 Å². The van der Waals surface area contributed by atoms with Gasteiger partial charge in [0.25, 0.3) is 0 Å². The van der Waals surface area contributed by atoms with Crippen molar-refractivity contribution in [3.05, 3.63) is 53.2 Å². The maximum Gasteiger partial charge on any atom is 0.192 e. The summed E-state index contributed by atoms with van der Waals surface area (Å²) in [7, 11) is 1.64. The van der Waals surface area contributed by atoms with Crippen LogP contribution in [-0.4, -0.2) is 33.2 Å². The van der Waals surface area contributed by atoms with E-state index in [0.29, 0.717) is 30.0 Å². The summed E-state index contributed by atoms with van der Waals surface area (Å²) >= 11 is 0. The molecule has 0 aliphatic heterocycles. The summed E-state index contributed by atoms with van der Waals surface area (Å²) in [6.45, 7) is 1.17. The van der Waals surface area contributed by atoms with Crippen LogP contribution < -0.4 is 5.43 Å². The van der Waals surface area contributed by atoms with E-state index < -0.39 is 0 Å². The predicted molar refractivity (Wildman–Crippen MR) is 78.9 cm³/mol. The first-order valence-electron chi connectivity index (χ1n) is 6.55.